The van der Waals surface area contributed by atoms with Crippen LogP contribution in [0.4, 0.5) is 0 Å². The number of rotatable bonds is 2. The van der Waals surface area contributed by atoms with Crippen molar-refractivity contribution in [3.05, 3.63) is 47.5 Å². The molecule has 1 aromatic carbocycles. The Labute approximate surface area is 100 Å². The summed E-state index contributed by atoms with van der Waals surface area (Å²) in [5.41, 5.74) is 1.52. The fourth-order valence-electron chi connectivity index (χ4n) is 1.80. The van der Waals surface area contributed by atoms with E-state index in [1.54, 1.807) is 30.3 Å². The van der Waals surface area contributed by atoms with Gasteiger partial charge in [0, 0.05) is 0 Å². The van der Waals surface area contributed by atoms with Gasteiger partial charge in [-0.2, -0.15) is 0 Å². The van der Waals surface area contributed by atoms with Gasteiger partial charge in [-0.15, -0.1) is 0 Å². The molecule has 0 radical (unpaired) electrons. The zero-order valence-electron chi connectivity index (χ0n) is 9.68. The lowest BCUT2D eigenvalue weighted by atomic mass is 9.97. The topological polar surface area (TPSA) is 43.4 Å². The highest BCUT2D eigenvalue weighted by atomic mass is 16.5. The standard InChI is InChI=1S/C14H14O3/c1-10-7-8-13(12(15)9-10)17-14(16)11-5-3-2-4-6-11/h2-6,9,13H,7-8H2,1H3/t13-/m1/s1. The van der Waals surface area contributed by atoms with Crippen LogP contribution in [0.3, 0.4) is 0 Å². The quantitative estimate of drug-likeness (QED) is 0.733. The van der Waals surface area contributed by atoms with Crippen molar-refractivity contribution in [2.24, 2.45) is 0 Å². The Balaban J connectivity index is 2.03. The predicted molar refractivity (Wildman–Crippen MR) is 63.6 cm³/mol. The van der Waals surface area contributed by atoms with Crippen LogP contribution in [0, 0.1) is 0 Å². The molecule has 0 saturated carbocycles. The summed E-state index contributed by atoms with van der Waals surface area (Å²) < 4.78 is 5.20. The second-order valence-corrected chi connectivity index (χ2v) is 4.19. The number of esters is 1. The third-order valence-electron chi connectivity index (χ3n) is 2.77. The summed E-state index contributed by atoms with van der Waals surface area (Å²) in [5.74, 6) is -0.546. The van der Waals surface area contributed by atoms with Gasteiger partial charge in [-0.25, -0.2) is 4.79 Å². The molecule has 17 heavy (non-hydrogen) atoms. The summed E-state index contributed by atoms with van der Waals surface area (Å²) in [6.07, 6.45) is 2.33. The van der Waals surface area contributed by atoms with Crippen LogP contribution in [0.15, 0.2) is 42.0 Å². The van der Waals surface area contributed by atoms with Gasteiger partial charge in [0.25, 0.3) is 0 Å². The van der Waals surface area contributed by atoms with E-state index in [9.17, 15) is 9.59 Å². The van der Waals surface area contributed by atoms with Crippen molar-refractivity contribution in [3.63, 3.8) is 0 Å². The number of carbonyl (C=O) groups excluding carboxylic acids is 2. The van der Waals surface area contributed by atoms with Crippen LogP contribution >= 0.6 is 0 Å². The Hall–Kier alpha value is -1.90. The molecule has 0 heterocycles. The highest BCUT2D eigenvalue weighted by Crippen LogP contribution is 2.18. The molecule has 88 valence electrons. The van der Waals surface area contributed by atoms with Crippen LogP contribution in [0.5, 0.6) is 0 Å². The van der Waals surface area contributed by atoms with E-state index in [-0.39, 0.29) is 5.78 Å². The average molecular weight is 230 g/mol. The van der Waals surface area contributed by atoms with E-state index in [2.05, 4.69) is 0 Å². The molecule has 0 saturated heterocycles. The highest BCUT2D eigenvalue weighted by Gasteiger charge is 2.24. The number of hydrogen-bond donors (Lipinski definition) is 0. The van der Waals surface area contributed by atoms with Gasteiger partial charge in [-0.1, -0.05) is 23.8 Å². The van der Waals surface area contributed by atoms with Gasteiger partial charge < -0.3 is 4.74 Å². The molecule has 1 aliphatic rings. The lowest BCUT2D eigenvalue weighted by Gasteiger charge is -2.19. The fourth-order valence-corrected chi connectivity index (χ4v) is 1.80. The molecular weight excluding hydrogens is 216 g/mol. The molecular formula is C14H14O3. The van der Waals surface area contributed by atoms with Crippen LogP contribution in [0.1, 0.15) is 30.1 Å². The molecule has 1 atom stereocenters. The Morgan fingerprint density at radius 2 is 2.00 bits per heavy atom. The van der Waals surface area contributed by atoms with Crippen molar-refractivity contribution < 1.29 is 14.3 Å². The van der Waals surface area contributed by atoms with Crippen LogP contribution in [-0.4, -0.2) is 17.9 Å². The Morgan fingerprint density at radius 1 is 1.29 bits per heavy atom. The molecule has 1 aliphatic carbocycles. The zero-order valence-corrected chi connectivity index (χ0v) is 9.68. The summed E-state index contributed by atoms with van der Waals surface area (Å²) in [7, 11) is 0. The van der Waals surface area contributed by atoms with Crippen molar-refractivity contribution in [2.45, 2.75) is 25.9 Å². The maximum absolute atomic E-state index is 11.7. The molecule has 0 fully saturated rings. The Kier molecular flexibility index (Phi) is 3.38. The third-order valence-corrected chi connectivity index (χ3v) is 2.77. The minimum atomic E-state index is -0.619. The van der Waals surface area contributed by atoms with Crippen LogP contribution in [0.2, 0.25) is 0 Å². The van der Waals surface area contributed by atoms with Crippen molar-refractivity contribution in [1.82, 2.24) is 0 Å². The highest BCUT2D eigenvalue weighted by molar-refractivity contribution is 5.98. The summed E-state index contributed by atoms with van der Waals surface area (Å²) in [6.45, 7) is 1.91. The lowest BCUT2D eigenvalue weighted by Crippen LogP contribution is -2.28. The van der Waals surface area contributed by atoms with Crippen molar-refractivity contribution >= 4 is 11.8 Å². The average Bonchev–Trinajstić information content (AvgIpc) is 2.34. The maximum atomic E-state index is 11.7. The number of ether oxygens (including phenoxy) is 1. The van der Waals surface area contributed by atoms with E-state index < -0.39 is 12.1 Å². The molecule has 0 aromatic heterocycles. The minimum Gasteiger partial charge on any atom is -0.450 e. The van der Waals surface area contributed by atoms with Crippen LogP contribution in [-0.2, 0) is 9.53 Å². The molecule has 0 bridgehead atoms. The molecule has 3 nitrogen and oxygen atoms in total. The Morgan fingerprint density at radius 3 is 2.65 bits per heavy atom. The van der Waals surface area contributed by atoms with E-state index in [0.29, 0.717) is 12.0 Å². The van der Waals surface area contributed by atoms with Crippen molar-refractivity contribution in [1.29, 1.82) is 0 Å². The molecule has 1 aromatic rings. The van der Waals surface area contributed by atoms with Crippen molar-refractivity contribution in [3.8, 4) is 0 Å². The predicted octanol–water partition coefficient (Wildman–Crippen LogP) is 2.52. The molecule has 3 heteroatoms. The van der Waals surface area contributed by atoms with E-state index in [4.69, 9.17) is 4.74 Å². The molecule has 0 N–H and O–H groups in total. The first kappa shape index (κ1) is 11.6. The second kappa shape index (κ2) is 4.95. The number of benzene rings is 1. The first-order valence-corrected chi connectivity index (χ1v) is 5.64. The van der Waals surface area contributed by atoms with E-state index in [1.807, 2.05) is 13.0 Å². The lowest BCUT2D eigenvalue weighted by molar-refractivity contribution is -0.123. The number of ketones is 1. The van der Waals surface area contributed by atoms with E-state index >= 15 is 0 Å². The molecule has 0 unspecified atom stereocenters. The van der Waals surface area contributed by atoms with E-state index in [1.165, 1.54) is 0 Å². The van der Waals surface area contributed by atoms with Gasteiger partial charge in [-0.05, 0) is 38.0 Å². The molecule has 2 rings (SSSR count). The third kappa shape index (κ3) is 2.81. The van der Waals surface area contributed by atoms with Crippen molar-refractivity contribution in [2.75, 3.05) is 0 Å². The summed E-state index contributed by atoms with van der Waals surface area (Å²) >= 11 is 0. The molecule has 0 amide bonds. The Bertz CT molecular complexity index is 460. The fraction of sp³-hybridized carbons (Fsp3) is 0.286. The van der Waals surface area contributed by atoms with Gasteiger partial charge in [0.15, 0.2) is 11.9 Å². The first-order chi connectivity index (χ1) is 8.16. The largest absolute Gasteiger partial charge is 0.450 e. The van der Waals surface area contributed by atoms with Crippen LogP contribution < -0.4 is 0 Å². The van der Waals surface area contributed by atoms with E-state index in [0.717, 1.165) is 12.0 Å². The van der Waals surface area contributed by atoms with Gasteiger partial charge in [-0.3, -0.25) is 4.79 Å². The molecule has 0 aliphatic heterocycles. The summed E-state index contributed by atoms with van der Waals surface area (Å²) in [4.78, 5) is 23.4. The smallest absolute Gasteiger partial charge is 0.338 e. The number of allylic oxidation sites excluding steroid dienone is 1. The van der Waals surface area contributed by atoms with Gasteiger partial charge in [0.05, 0.1) is 5.56 Å². The number of hydrogen-bond acceptors (Lipinski definition) is 3. The van der Waals surface area contributed by atoms with Gasteiger partial charge in [0.2, 0.25) is 0 Å². The van der Waals surface area contributed by atoms with Crippen LogP contribution in [0.25, 0.3) is 0 Å². The molecule has 0 spiro atoms. The summed E-state index contributed by atoms with van der Waals surface area (Å²) in [5, 5.41) is 0. The first-order valence-electron chi connectivity index (χ1n) is 5.64. The minimum absolute atomic E-state index is 0.113. The second-order valence-electron chi connectivity index (χ2n) is 4.19. The van der Waals surface area contributed by atoms with Gasteiger partial charge >= 0.3 is 5.97 Å². The van der Waals surface area contributed by atoms with Gasteiger partial charge in [0.1, 0.15) is 0 Å². The summed E-state index contributed by atoms with van der Waals surface area (Å²) in [6, 6.07) is 8.72. The maximum Gasteiger partial charge on any atom is 0.338 e. The monoisotopic (exact) mass is 230 g/mol. The zero-order chi connectivity index (χ0) is 12.3. The normalized spacial score (nSPS) is 19.7. The SMILES string of the molecule is CC1=CC(=O)[C@H](OC(=O)c2ccccc2)CC1. The number of carbonyl (C=O) groups is 2.